The van der Waals surface area contributed by atoms with Crippen LogP contribution in [0.3, 0.4) is 0 Å². The molecule has 0 bridgehead atoms. The number of hydrogen-bond donors (Lipinski definition) is 1. The first-order valence-electron chi connectivity index (χ1n) is 11.3. The molecular weight excluding hydrogens is 404 g/mol. The number of carbonyl (C=O) groups is 1. The molecule has 1 atom stereocenters. The van der Waals surface area contributed by atoms with Crippen molar-refractivity contribution in [3.63, 3.8) is 0 Å². The van der Waals surface area contributed by atoms with Gasteiger partial charge in [0.1, 0.15) is 0 Å². The topological polar surface area (TPSA) is 78.4 Å². The molecule has 1 aliphatic heterocycles. The van der Waals surface area contributed by atoms with Crippen LogP contribution in [0, 0.1) is 6.92 Å². The summed E-state index contributed by atoms with van der Waals surface area (Å²) in [5.74, 6) is 0.139. The van der Waals surface area contributed by atoms with Crippen molar-refractivity contribution in [1.29, 1.82) is 0 Å². The third-order valence-electron chi connectivity index (χ3n) is 6.23. The van der Waals surface area contributed by atoms with Crippen LogP contribution < -0.4 is 16.1 Å². The first-order chi connectivity index (χ1) is 15.4. The maximum atomic E-state index is 12.7. The van der Waals surface area contributed by atoms with Crippen molar-refractivity contribution in [3.8, 4) is 0 Å². The van der Waals surface area contributed by atoms with Crippen molar-refractivity contribution in [2.45, 2.75) is 45.7 Å². The third-order valence-corrected chi connectivity index (χ3v) is 6.23. The van der Waals surface area contributed by atoms with Crippen LogP contribution in [0.1, 0.15) is 31.7 Å². The summed E-state index contributed by atoms with van der Waals surface area (Å²) in [6, 6.07) is 15.7. The predicted molar refractivity (Wildman–Crippen MR) is 127 cm³/mol. The number of fused-ring (bicyclic) bond motifs is 1. The minimum Gasteiger partial charge on any atom is -0.365 e. The largest absolute Gasteiger partial charge is 0.365 e. The molecule has 1 aromatic heterocycles. The van der Waals surface area contributed by atoms with Crippen LogP contribution in [-0.4, -0.2) is 46.0 Å². The van der Waals surface area contributed by atoms with Crippen LogP contribution in [0.4, 0.5) is 5.69 Å². The molecule has 0 aliphatic carbocycles. The van der Waals surface area contributed by atoms with Crippen LogP contribution in [-0.2, 0) is 11.3 Å². The van der Waals surface area contributed by atoms with Gasteiger partial charge in [-0.1, -0.05) is 24.3 Å². The number of benzene rings is 2. The average Bonchev–Trinajstić information content (AvgIpc) is 2.78. The number of aromatic amines is 1. The van der Waals surface area contributed by atoms with Gasteiger partial charge in [-0.2, -0.15) is 0 Å². The van der Waals surface area contributed by atoms with Gasteiger partial charge in [0.05, 0.1) is 10.9 Å². The second-order valence-electron chi connectivity index (χ2n) is 8.61. The van der Waals surface area contributed by atoms with Crippen molar-refractivity contribution in [2.75, 3.05) is 24.5 Å². The maximum absolute atomic E-state index is 12.7. The smallest absolute Gasteiger partial charge is 0.328 e. The highest BCUT2D eigenvalue weighted by Gasteiger charge is 2.26. The SMILES string of the molecule is Cc1cccc(N2CCN(C(=O)CCCCn3c(=O)[nH]c4ccccc4c3=O)CC2C)c1. The molecule has 1 N–H and O–H groups in total. The van der Waals surface area contributed by atoms with Crippen LogP contribution >= 0.6 is 0 Å². The monoisotopic (exact) mass is 434 g/mol. The summed E-state index contributed by atoms with van der Waals surface area (Å²) in [5.41, 5.74) is 2.30. The maximum Gasteiger partial charge on any atom is 0.328 e. The number of aromatic nitrogens is 2. The second-order valence-corrected chi connectivity index (χ2v) is 8.61. The molecule has 2 aromatic carbocycles. The number of hydrogen-bond acceptors (Lipinski definition) is 4. The van der Waals surface area contributed by atoms with E-state index < -0.39 is 5.69 Å². The summed E-state index contributed by atoms with van der Waals surface area (Å²) in [5, 5.41) is 0.503. The molecule has 0 radical (unpaired) electrons. The molecule has 0 saturated carbocycles. The zero-order valence-corrected chi connectivity index (χ0v) is 18.7. The van der Waals surface area contributed by atoms with E-state index in [9.17, 15) is 14.4 Å². The average molecular weight is 435 g/mol. The number of rotatable bonds is 6. The zero-order valence-electron chi connectivity index (χ0n) is 18.7. The number of nitrogens with one attached hydrogen (secondary N) is 1. The summed E-state index contributed by atoms with van der Waals surface area (Å²) >= 11 is 0. The van der Waals surface area contributed by atoms with Crippen molar-refractivity contribution >= 4 is 22.5 Å². The van der Waals surface area contributed by atoms with Gasteiger partial charge in [0.25, 0.3) is 5.56 Å². The Morgan fingerprint density at radius 3 is 2.66 bits per heavy atom. The van der Waals surface area contributed by atoms with Crippen molar-refractivity contribution in [3.05, 3.63) is 74.9 Å². The van der Waals surface area contributed by atoms with Crippen molar-refractivity contribution in [1.82, 2.24) is 14.5 Å². The Balaban J connectivity index is 1.29. The molecule has 2 heterocycles. The number of piperazine rings is 1. The van der Waals surface area contributed by atoms with Gasteiger partial charge in [0.15, 0.2) is 0 Å². The standard InChI is InChI=1S/C25H30N4O3/c1-18-8-7-9-20(16-18)28-15-14-27(17-19(28)2)23(30)12-5-6-13-29-24(31)21-10-3-4-11-22(21)26-25(29)32/h3-4,7-11,16,19H,5-6,12-15,17H2,1-2H3,(H,26,32). The van der Waals surface area contributed by atoms with Crippen molar-refractivity contribution < 1.29 is 4.79 Å². The molecule has 32 heavy (non-hydrogen) atoms. The molecule has 1 amide bonds. The second kappa shape index (κ2) is 9.42. The van der Waals surface area contributed by atoms with Crippen molar-refractivity contribution in [2.24, 2.45) is 0 Å². The Kier molecular flexibility index (Phi) is 6.44. The minimum atomic E-state index is -0.402. The van der Waals surface area contributed by atoms with E-state index in [4.69, 9.17) is 0 Å². The van der Waals surface area contributed by atoms with E-state index in [2.05, 4.69) is 48.0 Å². The first-order valence-corrected chi connectivity index (χ1v) is 11.3. The highest BCUT2D eigenvalue weighted by Crippen LogP contribution is 2.22. The highest BCUT2D eigenvalue weighted by atomic mass is 16.2. The van der Waals surface area contributed by atoms with Crippen LogP contribution in [0.5, 0.6) is 0 Å². The Morgan fingerprint density at radius 1 is 1.06 bits per heavy atom. The molecule has 4 rings (SSSR count). The summed E-state index contributed by atoms with van der Waals surface area (Å²) in [6.45, 7) is 6.79. The van der Waals surface area contributed by atoms with Gasteiger partial charge >= 0.3 is 5.69 Å². The van der Waals surface area contributed by atoms with Gasteiger partial charge in [-0.3, -0.25) is 14.2 Å². The first kappa shape index (κ1) is 21.9. The number of amides is 1. The fourth-order valence-corrected chi connectivity index (χ4v) is 4.48. The van der Waals surface area contributed by atoms with E-state index >= 15 is 0 Å². The van der Waals surface area contributed by atoms with Gasteiger partial charge < -0.3 is 14.8 Å². The van der Waals surface area contributed by atoms with E-state index in [1.54, 1.807) is 24.3 Å². The Morgan fingerprint density at radius 2 is 1.88 bits per heavy atom. The molecule has 1 unspecified atom stereocenters. The van der Waals surface area contributed by atoms with Gasteiger partial charge in [0, 0.05) is 44.3 Å². The fourth-order valence-electron chi connectivity index (χ4n) is 4.48. The number of nitrogens with zero attached hydrogens (tertiary/aromatic N) is 3. The van der Waals surface area contributed by atoms with E-state index in [0.717, 1.165) is 6.54 Å². The number of para-hydroxylation sites is 1. The molecule has 1 saturated heterocycles. The number of aryl methyl sites for hydroxylation is 1. The van der Waals surface area contributed by atoms with Gasteiger partial charge in [0.2, 0.25) is 5.91 Å². The molecule has 168 valence electrons. The predicted octanol–water partition coefficient (Wildman–Crippen LogP) is 2.91. The lowest BCUT2D eigenvalue weighted by Crippen LogP contribution is -2.53. The van der Waals surface area contributed by atoms with E-state index in [-0.39, 0.29) is 17.5 Å². The lowest BCUT2D eigenvalue weighted by atomic mass is 10.1. The number of unbranched alkanes of at least 4 members (excludes halogenated alkanes) is 1. The fraction of sp³-hybridized carbons (Fsp3) is 0.400. The Hall–Kier alpha value is -3.35. The molecule has 7 heteroatoms. The molecule has 3 aromatic rings. The quantitative estimate of drug-likeness (QED) is 0.605. The van der Waals surface area contributed by atoms with Gasteiger partial charge in [-0.05, 0) is 56.5 Å². The summed E-state index contributed by atoms with van der Waals surface area (Å²) in [4.78, 5) is 44.6. The molecule has 1 fully saturated rings. The Bertz CT molecular complexity index is 1230. The lowest BCUT2D eigenvalue weighted by Gasteiger charge is -2.41. The Labute approximate surface area is 187 Å². The zero-order chi connectivity index (χ0) is 22.7. The molecular formula is C25H30N4O3. The molecule has 7 nitrogen and oxygen atoms in total. The number of anilines is 1. The molecule has 0 spiro atoms. The van der Waals surface area contributed by atoms with Gasteiger partial charge in [-0.25, -0.2) is 4.79 Å². The third kappa shape index (κ3) is 4.61. The lowest BCUT2D eigenvalue weighted by molar-refractivity contribution is -0.132. The van der Waals surface area contributed by atoms with Gasteiger partial charge in [-0.15, -0.1) is 0 Å². The summed E-state index contributed by atoms with van der Waals surface area (Å²) < 4.78 is 1.23. The van der Waals surface area contributed by atoms with E-state index in [1.165, 1.54) is 15.8 Å². The van der Waals surface area contributed by atoms with E-state index in [0.29, 0.717) is 49.8 Å². The normalized spacial score (nSPS) is 16.5. The van der Waals surface area contributed by atoms with Crippen LogP contribution in [0.25, 0.3) is 10.9 Å². The highest BCUT2D eigenvalue weighted by molar-refractivity contribution is 5.77. The minimum absolute atomic E-state index is 0.139. The number of carbonyl (C=O) groups excluding carboxylic acids is 1. The number of H-pyrrole nitrogens is 1. The van der Waals surface area contributed by atoms with Crippen LogP contribution in [0.2, 0.25) is 0 Å². The summed E-state index contributed by atoms with van der Waals surface area (Å²) in [7, 11) is 0. The van der Waals surface area contributed by atoms with Crippen LogP contribution in [0.15, 0.2) is 58.1 Å². The van der Waals surface area contributed by atoms with E-state index in [1.807, 2.05) is 4.90 Å². The summed E-state index contributed by atoms with van der Waals surface area (Å²) in [6.07, 6.45) is 1.67. The molecule has 1 aliphatic rings.